The minimum atomic E-state index is 0.173. The van der Waals surface area contributed by atoms with Crippen LogP contribution in [-0.4, -0.2) is 5.78 Å². The number of benzene rings is 1. The summed E-state index contributed by atoms with van der Waals surface area (Å²) in [6, 6.07) is 10.3. The van der Waals surface area contributed by atoms with Gasteiger partial charge < -0.3 is 0 Å². The summed E-state index contributed by atoms with van der Waals surface area (Å²) in [7, 11) is 0. The van der Waals surface area contributed by atoms with Gasteiger partial charge in [-0.1, -0.05) is 37.6 Å². The van der Waals surface area contributed by atoms with E-state index < -0.39 is 0 Å². The molecule has 0 spiro atoms. The number of aryl methyl sites for hydroxylation is 1. The summed E-state index contributed by atoms with van der Waals surface area (Å²) in [5.74, 6) is 0.907. The number of hydrogen-bond donors (Lipinski definition) is 0. The molecule has 0 amide bonds. The van der Waals surface area contributed by atoms with E-state index in [-0.39, 0.29) is 5.78 Å². The highest BCUT2D eigenvalue weighted by Gasteiger charge is 2.20. The van der Waals surface area contributed by atoms with E-state index >= 15 is 0 Å². The Morgan fingerprint density at radius 1 is 1.21 bits per heavy atom. The summed E-state index contributed by atoms with van der Waals surface area (Å²) in [5, 5.41) is 2.01. The lowest BCUT2D eigenvalue weighted by molar-refractivity contribution is 0.104. The van der Waals surface area contributed by atoms with Gasteiger partial charge in [0.2, 0.25) is 5.78 Å². The van der Waals surface area contributed by atoms with Crippen molar-refractivity contribution in [3.8, 4) is 0 Å². The van der Waals surface area contributed by atoms with Gasteiger partial charge in [-0.2, -0.15) is 0 Å². The lowest BCUT2D eigenvalue weighted by atomic mass is 9.80. The molecule has 0 N–H and O–H groups in total. The molecule has 1 saturated carbocycles. The van der Waals surface area contributed by atoms with Crippen LogP contribution in [0.2, 0.25) is 0 Å². The van der Waals surface area contributed by atoms with Crippen LogP contribution in [0, 0.1) is 0 Å². The lowest BCUT2D eigenvalue weighted by Gasteiger charge is -2.25. The van der Waals surface area contributed by atoms with E-state index in [1.807, 2.05) is 17.5 Å². The number of carbonyl (C=O) groups excluding carboxylic acids is 1. The van der Waals surface area contributed by atoms with Gasteiger partial charge in [-0.15, -0.1) is 11.3 Å². The maximum Gasteiger partial charge on any atom is 0.203 e. The molecule has 0 saturated heterocycles. The highest BCUT2D eigenvalue weighted by atomic mass is 32.1. The van der Waals surface area contributed by atoms with Crippen LogP contribution in [0.1, 0.15) is 58.5 Å². The van der Waals surface area contributed by atoms with Crippen LogP contribution in [-0.2, 0) is 6.42 Å². The largest absolute Gasteiger partial charge is 0.288 e. The van der Waals surface area contributed by atoms with Crippen molar-refractivity contribution in [1.82, 2.24) is 0 Å². The fourth-order valence-corrected chi connectivity index (χ4v) is 3.55. The number of carbonyl (C=O) groups is 1. The molecule has 98 valence electrons. The Hall–Kier alpha value is -1.41. The third-order valence-corrected chi connectivity index (χ3v) is 5.04. The fraction of sp³-hybridized carbons (Fsp3) is 0.353. The summed E-state index contributed by atoms with van der Waals surface area (Å²) in [6.45, 7) is 2.10. The third-order valence-electron chi connectivity index (χ3n) is 4.08. The molecule has 1 aliphatic carbocycles. The molecule has 0 unspecified atom stereocenters. The van der Waals surface area contributed by atoms with Crippen molar-refractivity contribution in [3.05, 3.63) is 57.3 Å². The van der Waals surface area contributed by atoms with Gasteiger partial charge >= 0.3 is 0 Å². The number of rotatable bonds is 4. The Morgan fingerprint density at radius 3 is 2.53 bits per heavy atom. The SMILES string of the molecule is CCc1ccsc1C(=O)c1ccc(C2CCC2)cc1. The average Bonchev–Trinajstić information content (AvgIpc) is 2.85. The molecule has 0 aliphatic heterocycles. The van der Waals surface area contributed by atoms with Gasteiger partial charge in [0.25, 0.3) is 0 Å². The van der Waals surface area contributed by atoms with Crippen molar-refractivity contribution >= 4 is 17.1 Å². The van der Waals surface area contributed by atoms with Crippen molar-refractivity contribution in [2.75, 3.05) is 0 Å². The standard InChI is InChI=1S/C17H18OS/c1-2-12-10-11-19-17(12)16(18)15-8-6-14(7-9-15)13-4-3-5-13/h6-11,13H,2-5H2,1H3. The molecule has 1 fully saturated rings. The average molecular weight is 270 g/mol. The minimum Gasteiger partial charge on any atom is -0.288 e. The van der Waals surface area contributed by atoms with Crippen LogP contribution >= 0.6 is 11.3 Å². The Labute approximate surface area is 118 Å². The Balaban J connectivity index is 1.83. The van der Waals surface area contributed by atoms with Crippen LogP contribution in [0.5, 0.6) is 0 Å². The monoisotopic (exact) mass is 270 g/mol. The Morgan fingerprint density at radius 2 is 1.95 bits per heavy atom. The van der Waals surface area contributed by atoms with Gasteiger partial charge in [0.1, 0.15) is 0 Å². The zero-order chi connectivity index (χ0) is 13.2. The predicted octanol–water partition coefficient (Wildman–Crippen LogP) is 4.81. The normalized spacial score (nSPS) is 15.2. The first-order valence-electron chi connectivity index (χ1n) is 7.00. The van der Waals surface area contributed by atoms with E-state index in [1.54, 1.807) is 11.3 Å². The summed E-state index contributed by atoms with van der Waals surface area (Å²) in [4.78, 5) is 13.4. The van der Waals surface area contributed by atoms with E-state index in [0.29, 0.717) is 0 Å². The first-order valence-corrected chi connectivity index (χ1v) is 7.88. The van der Waals surface area contributed by atoms with Crippen molar-refractivity contribution in [1.29, 1.82) is 0 Å². The van der Waals surface area contributed by atoms with Crippen LogP contribution in [0.3, 0.4) is 0 Å². The predicted molar refractivity (Wildman–Crippen MR) is 80.2 cm³/mol. The third kappa shape index (κ3) is 2.37. The second-order valence-electron chi connectivity index (χ2n) is 5.21. The Bertz CT molecular complexity index is 576. The molecule has 19 heavy (non-hydrogen) atoms. The molecule has 1 heterocycles. The molecule has 2 aromatic rings. The first-order chi connectivity index (χ1) is 9.29. The molecule has 2 heteroatoms. The van der Waals surface area contributed by atoms with Gasteiger partial charge in [-0.05, 0) is 47.8 Å². The molecule has 0 bridgehead atoms. The molecule has 1 aromatic heterocycles. The second kappa shape index (κ2) is 5.30. The maximum absolute atomic E-state index is 12.5. The summed E-state index contributed by atoms with van der Waals surface area (Å²) >= 11 is 1.55. The van der Waals surface area contributed by atoms with Gasteiger partial charge in [0, 0.05) is 5.56 Å². The van der Waals surface area contributed by atoms with Crippen molar-refractivity contribution in [2.24, 2.45) is 0 Å². The quantitative estimate of drug-likeness (QED) is 0.729. The molecule has 1 nitrogen and oxygen atoms in total. The summed E-state index contributed by atoms with van der Waals surface area (Å²) < 4.78 is 0. The highest BCUT2D eigenvalue weighted by molar-refractivity contribution is 7.12. The van der Waals surface area contributed by atoms with E-state index in [2.05, 4.69) is 25.1 Å². The zero-order valence-electron chi connectivity index (χ0n) is 11.2. The van der Waals surface area contributed by atoms with Crippen molar-refractivity contribution in [3.63, 3.8) is 0 Å². The molecular formula is C17H18OS. The van der Waals surface area contributed by atoms with E-state index in [9.17, 15) is 4.79 Å². The van der Waals surface area contributed by atoms with Gasteiger partial charge in [0.05, 0.1) is 4.88 Å². The fourth-order valence-electron chi connectivity index (χ4n) is 2.59. The van der Waals surface area contributed by atoms with Gasteiger partial charge in [-0.3, -0.25) is 4.79 Å². The molecule has 0 atom stereocenters. The van der Waals surface area contributed by atoms with Gasteiger partial charge in [0.15, 0.2) is 0 Å². The van der Waals surface area contributed by atoms with Crippen LogP contribution < -0.4 is 0 Å². The summed E-state index contributed by atoms with van der Waals surface area (Å²) in [5.41, 5.74) is 3.38. The van der Waals surface area contributed by atoms with E-state index in [4.69, 9.17) is 0 Å². The summed E-state index contributed by atoms with van der Waals surface area (Å²) in [6.07, 6.45) is 4.88. The number of hydrogen-bond acceptors (Lipinski definition) is 2. The minimum absolute atomic E-state index is 0.173. The maximum atomic E-state index is 12.5. The molecule has 1 aromatic carbocycles. The number of thiophene rings is 1. The van der Waals surface area contributed by atoms with Crippen LogP contribution in [0.25, 0.3) is 0 Å². The van der Waals surface area contributed by atoms with E-state index in [0.717, 1.165) is 28.3 Å². The highest BCUT2D eigenvalue weighted by Crippen LogP contribution is 2.36. The first kappa shape index (κ1) is 12.6. The molecule has 3 rings (SSSR count). The second-order valence-corrected chi connectivity index (χ2v) is 6.12. The van der Waals surface area contributed by atoms with E-state index in [1.165, 1.54) is 24.8 Å². The van der Waals surface area contributed by atoms with Crippen molar-refractivity contribution < 1.29 is 4.79 Å². The Kier molecular flexibility index (Phi) is 3.52. The topological polar surface area (TPSA) is 17.1 Å². The number of ketones is 1. The molecule has 1 aliphatic rings. The lowest BCUT2D eigenvalue weighted by Crippen LogP contribution is -2.09. The zero-order valence-corrected chi connectivity index (χ0v) is 12.0. The van der Waals surface area contributed by atoms with Crippen molar-refractivity contribution in [2.45, 2.75) is 38.5 Å². The van der Waals surface area contributed by atoms with Gasteiger partial charge in [-0.25, -0.2) is 0 Å². The van der Waals surface area contributed by atoms with Crippen LogP contribution in [0.4, 0.5) is 0 Å². The molecule has 0 radical (unpaired) electrons. The van der Waals surface area contributed by atoms with Crippen LogP contribution in [0.15, 0.2) is 35.7 Å². The molecular weight excluding hydrogens is 252 g/mol. The smallest absolute Gasteiger partial charge is 0.203 e.